The number of hydrogen-bond acceptors (Lipinski definition) is 3. The molecule has 0 spiro atoms. The summed E-state index contributed by atoms with van der Waals surface area (Å²) < 4.78 is 8.02. The van der Waals surface area contributed by atoms with Crippen LogP contribution in [0.4, 0.5) is 0 Å². The van der Waals surface area contributed by atoms with E-state index in [4.69, 9.17) is 15.5 Å². The Balaban J connectivity index is 2.45. The van der Waals surface area contributed by atoms with E-state index in [0.717, 1.165) is 48.4 Å². The molecule has 0 amide bonds. The highest BCUT2D eigenvalue weighted by Gasteiger charge is 2.16. The number of nitrogens with two attached hydrogens (primary N) is 1. The molecule has 1 aromatic carbocycles. The highest BCUT2D eigenvalue weighted by molar-refractivity contribution is 5.78. The quantitative estimate of drug-likeness (QED) is 0.837. The van der Waals surface area contributed by atoms with Crippen molar-refractivity contribution in [3.05, 3.63) is 24.0 Å². The monoisotopic (exact) mass is 289 g/mol. The maximum atomic E-state index is 6.30. The van der Waals surface area contributed by atoms with Gasteiger partial charge in [0.25, 0.3) is 0 Å². The summed E-state index contributed by atoms with van der Waals surface area (Å²) in [5.74, 6) is 1.87. The molecule has 0 aliphatic carbocycles. The van der Waals surface area contributed by atoms with Crippen LogP contribution in [0.15, 0.2) is 18.2 Å². The average Bonchev–Trinajstić information content (AvgIpc) is 2.77. The van der Waals surface area contributed by atoms with Crippen LogP contribution in [0.3, 0.4) is 0 Å². The number of imidazole rings is 1. The fraction of sp³-hybridized carbons (Fsp3) is 0.588. The SMILES string of the molecule is CCCC(N)c1nc2cc(OC(C)C)ccc2n1CCC. The largest absolute Gasteiger partial charge is 0.491 e. The van der Waals surface area contributed by atoms with Gasteiger partial charge in [0.1, 0.15) is 11.6 Å². The molecule has 0 radical (unpaired) electrons. The molecule has 4 nitrogen and oxygen atoms in total. The van der Waals surface area contributed by atoms with E-state index in [-0.39, 0.29) is 12.1 Å². The van der Waals surface area contributed by atoms with Gasteiger partial charge in [-0.2, -0.15) is 0 Å². The van der Waals surface area contributed by atoms with E-state index in [2.05, 4.69) is 24.5 Å². The van der Waals surface area contributed by atoms with Gasteiger partial charge in [0.2, 0.25) is 0 Å². The van der Waals surface area contributed by atoms with Gasteiger partial charge in [-0.25, -0.2) is 4.98 Å². The molecule has 0 saturated heterocycles. The Hall–Kier alpha value is -1.55. The lowest BCUT2D eigenvalue weighted by atomic mass is 10.1. The second kappa shape index (κ2) is 6.94. The predicted octanol–water partition coefficient (Wildman–Crippen LogP) is 4.03. The van der Waals surface area contributed by atoms with E-state index in [1.54, 1.807) is 0 Å². The minimum absolute atomic E-state index is 0.00316. The number of nitrogens with zero attached hydrogens (tertiary/aromatic N) is 2. The van der Waals surface area contributed by atoms with E-state index in [1.807, 2.05) is 26.0 Å². The average molecular weight is 289 g/mol. The fourth-order valence-electron chi connectivity index (χ4n) is 2.66. The van der Waals surface area contributed by atoms with Gasteiger partial charge in [0.05, 0.1) is 23.2 Å². The molecule has 1 aromatic heterocycles. The maximum Gasteiger partial charge on any atom is 0.126 e. The van der Waals surface area contributed by atoms with Crippen molar-refractivity contribution in [1.82, 2.24) is 9.55 Å². The normalized spacial score (nSPS) is 13.0. The zero-order valence-electron chi connectivity index (χ0n) is 13.6. The molecule has 2 N–H and O–H groups in total. The number of ether oxygens (including phenoxy) is 1. The van der Waals surface area contributed by atoms with Gasteiger partial charge in [0.15, 0.2) is 0 Å². The summed E-state index contributed by atoms with van der Waals surface area (Å²) in [6.07, 6.45) is 3.27. The van der Waals surface area contributed by atoms with Crippen molar-refractivity contribution in [2.45, 2.75) is 65.6 Å². The van der Waals surface area contributed by atoms with Gasteiger partial charge in [-0.3, -0.25) is 0 Å². The summed E-state index contributed by atoms with van der Waals surface area (Å²) in [7, 11) is 0. The van der Waals surface area contributed by atoms with Crippen LogP contribution in [-0.2, 0) is 6.54 Å². The van der Waals surface area contributed by atoms with Gasteiger partial charge in [-0.05, 0) is 38.8 Å². The first-order chi connectivity index (χ1) is 10.1. The second-order valence-electron chi connectivity index (χ2n) is 5.83. The Morgan fingerprint density at radius 3 is 2.62 bits per heavy atom. The van der Waals surface area contributed by atoms with Crippen LogP contribution in [0.1, 0.15) is 58.8 Å². The third-order valence-electron chi connectivity index (χ3n) is 3.50. The van der Waals surface area contributed by atoms with Crippen molar-refractivity contribution in [1.29, 1.82) is 0 Å². The number of aryl methyl sites for hydroxylation is 1. The Bertz CT molecular complexity index is 589. The number of aromatic nitrogens is 2. The van der Waals surface area contributed by atoms with Crippen LogP contribution in [0.25, 0.3) is 11.0 Å². The van der Waals surface area contributed by atoms with Crippen LogP contribution >= 0.6 is 0 Å². The van der Waals surface area contributed by atoms with Crippen LogP contribution < -0.4 is 10.5 Å². The third kappa shape index (κ3) is 3.56. The van der Waals surface area contributed by atoms with Crippen molar-refractivity contribution in [2.24, 2.45) is 5.73 Å². The van der Waals surface area contributed by atoms with E-state index in [9.17, 15) is 0 Å². The molecule has 0 aliphatic heterocycles. The molecule has 2 rings (SSSR count). The summed E-state index contributed by atoms with van der Waals surface area (Å²) in [5.41, 5.74) is 8.43. The van der Waals surface area contributed by atoms with E-state index in [1.165, 1.54) is 0 Å². The first-order valence-corrected chi connectivity index (χ1v) is 7.99. The lowest BCUT2D eigenvalue weighted by Gasteiger charge is -2.13. The van der Waals surface area contributed by atoms with Crippen molar-refractivity contribution < 1.29 is 4.74 Å². The minimum Gasteiger partial charge on any atom is -0.491 e. The highest BCUT2D eigenvalue weighted by Crippen LogP contribution is 2.26. The predicted molar refractivity (Wildman–Crippen MR) is 87.6 cm³/mol. The Morgan fingerprint density at radius 2 is 2.00 bits per heavy atom. The van der Waals surface area contributed by atoms with Crippen LogP contribution in [0.2, 0.25) is 0 Å². The smallest absolute Gasteiger partial charge is 0.126 e. The highest BCUT2D eigenvalue weighted by atomic mass is 16.5. The topological polar surface area (TPSA) is 53.1 Å². The lowest BCUT2D eigenvalue weighted by Crippen LogP contribution is -2.16. The molecular formula is C17H27N3O. The number of hydrogen-bond donors (Lipinski definition) is 1. The lowest BCUT2D eigenvalue weighted by molar-refractivity contribution is 0.242. The molecule has 1 atom stereocenters. The molecule has 1 heterocycles. The summed E-state index contributed by atoms with van der Waals surface area (Å²) in [4.78, 5) is 4.78. The van der Waals surface area contributed by atoms with Crippen molar-refractivity contribution in [2.75, 3.05) is 0 Å². The van der Waals surface area contributed by atoms with Crippen molar-refractivity contribution in [3.8, 4) is 5.75 Å². The van der Waals surface area contributed by atoms with Crippen LogP contribution in [-0.4, -0.2) is 15.7 Å². The van der Waals surface area contributed by atoms with Gasteiger partial charge in [-0.15, -0.1) is 0 Å². The zero-order chi connectivity index (χ0) is 15.4. The fourth-order valence-corrected chi connectivity index (χ4v) is 2.66. The molecule has 0 aliphatic rings. The molecule has 21 heavy (non-hydrogen) atoms. The molecule has 0 fully saturated rings. The van der Waals surface area contributed by atoms with Crippen LogP contribution in [0.5, 0.6) is 5.75 Å². The molecular weight excluding hydrogens is 262 g/mol. The van der Waals surface area contributed by atoms with Crippen molar-refractivity contribution >= 4 is 11.0 Å². The maximum absolute atomic E-state index is 6.30. The van der Waals surface area contributed by atoms with Gasteiger partial charge < -0.3 is 15.0 Å². The standard InChI is InChI=1S/C17H27N3O/c1-5-7-14(18)17-19-15-11-13(21-12(3)4)8-9-16(15)20(17)10-6-2/h8-9,11-12,14H,5-7,10,18H2,1-4H3. The molecule has 1 unspecified atom stereocenters. The third-order valence-corrected chi connectivity index (χ3v) is 3.50. The number of fused-ring (bicyclic) bond motifs is 1. The van der Waals surface area contributed by atoms with Gasteiger partial charge in [-0.1, -0.05) is 20.3 Å². The zero-order valence-corrected chi connectivity index (χ0v) is 13.6. The number of rotatable bonds is 7. The molecule has 0 bridgehead atoms. The molecule has 116 valence electrons. The summed E-state index contributed by atoms with van der Waals surface area (Å²) in [6.45, 7) is 9.34. The van der Waals surface area contributed by atoms with Crippen molar-refractivity contribution in [3.63, 3.8) is 0 Å². The number of benzene rings is 1. The van der Waals surface area contributed by atoms with E-state index in [0.29, 0.717) is 0 Å². The first kappa shape index (κ1) is 15.8. The Kier molecular flexibility index (Phi) is 5.23. The van der Waals surface area contributed by atoms with Gasteiger partial charge >= 0.3 is 0 Å². The Morgan fingerprint density at radius 1 is 1.24 bits per heavy atom. The van der Waals surface area contributed by atoms with Crippen LogP contribution in [0, 0.1) is 0 Å². The summed E-state index contributed by atoms with van der Waals surface area (Å²) in [6, 6.07) is 6.13. The molecule has 0 saturated carbocycles. The molecule has 2 aromatic rings. The van der Waals surface area contributed by atoms with E-state index >= 15 is 0 Å². The minimum atomic E-state index is 0.00316. The first-order valence-electron chi connectivity index (χ1n) is 7.99. The summed E-state index contributed by atoms with van der Waals surface area (Å²) >= 11 is 0. The second-order valence-corrected chi connectivity index (χ2v) is 5.83. The Labute approximate surface area is 127 Å². The summed E-state index contributed by atoms with van der Waals surface area (Å²) in [5, 5.41) is 0. The molecule has 4 heteroatoms. The van der Waals surface area contributed by atoms with E-state index < -0.39 is 0 Å². The van der Waals surface area contributed by atoms with Gasteiger partial charge in [0, 0.05) is 12.6 Å².